The van der Waals surface area contributed by atoms with Gasteiger partial charge in [0.05, 0.1) is 11.1 Å². The predicted molar refractivity (Wildman–Crippen MR) is 93.3 cm³/mol. The first-order chi connectivity index (χ1) is 10.9. The summed E-state index contributed by atoms with van der Waals surface area (Å²) in [5.74, 6) is -2.23. The molecule has 0 unspecified atom stereocenters. The fourth-order valence-corrected chi connectivity index (χ4v) is 2.05. The van der Waals surface area contributed by atoms with Crippen molar-refractivity contribution < 1.29 is 19.8 Å². The van der Waals surface area contributed by atoms with Gasteiger partial charge < -0.3 is 10.2 Å². The number of aromatic carboxylic acids is 2. The molecular weight excluding hydrogens is 292 g/mol. The third-order valence-electron chi connectivity index (χ3n) is 3.48. The Hall–Kier alpha value is -2.10. The molecule has 0 aliphatic carbocycles. The molecule has 1 aromatic rings. The zero-order chi connectivity index (χ0) is 17.7. The van der Waals surface area contributed by atoms with Crippen molar-refractivity contribution in [3.63, 3.8) is 0 Å². The van der Waals surface area contributed by atoms with E-state index in [1.807, 2.05) is 6.08 Å². The summed E-state index contributed by atoms with van der Waals surface area (Å²) in [5, 5.41) is 17.3. The maximum absolute atomic E-state index is 10.6. The van der Waals surface area contributed by atoms with Crippen LogP contribution in [0.25, 0.3) is 0 Å². The van der Waals surface area contributed by atoms with E-state index in [4.69, 9.17) is 10.2 Å². The maximum atomic E-state index is 10.6. The van der Waals surface area contributed by atoms with Crippen molar-refractivity contribution >= 4 is 11.9 Å². The van der Waals surface area contributed by atoms with E-state index in [9.17, 15) is 9.59 Å². The van der Waals surface area contributed by atoms with Gasteiger partial charge in [0, 0.05) is 0 Å². The van der Waals surface area contributed by atoms with E-state index in [-0.39, 0.29) is 11.1 Å². The maximum Gasteiger partial charge on any atom is 0.335 e. The second kappa shape index (κ2) is 12.4. The number of allylic oxidation sites excluding steroid dienone is 1. The number of hydrogen-bond acceptors (Lipinski definition) is 2. The lowest BCUT2D eigenvalue weighted by atomic mass is 10.1. The van der Waals surface area contributed by atoms with Gasteiger partial charge in [-0.2, -0.15) is 0 Å². The molecule has 2 N–H and O–H groups in total. The zero-order valence-electron chi connectivity index (χ0n) is 14.2. The minimum Gasteiger partial charge on any atom is -0.478 e. The van der Waals surface area contributed by atoms with Gasteiger partial charge >= 0.3 is 11.9 Å². The van der Waals surface area contributed by atoms with Crippen LogP contribution in [0, 0.1) is 6.92 Å². The second-order valence-electron chi connectivity index (χ2n) is 5.49. The zero-order valence-corrected chi connectivity index (χ0v) is 14.2. The Morgan fingerprint density at radius 1 is 1.04 bits per heavy atom. The van der Waals surface area contributed by atoms with E-state index < -0.39 is 11.9 Å². The third kappa shape index (κ3) is 9.51. The lowest BCUT2D eigenvalue weighted by Gasteiger charge is -2.01. The van der Waals surface area contributed by atoms with Crippen molar-refractivity contribution in [3.05, 3.63) is 47.5 Å². The van der Waals surface area contributed by atoms with Crippen LogP contribution in [0.5, 0.6) is 0 Å². The third-order valence-corrected chi connectivity index (χ3v) is 3.48. The van der Waals surface area contributed by atoms with Crippen LogP contribution in [0.3, 0.4) is 0 Å². The molecule has 0 bridgehead atoms. The van der Waals surface area contributed by atoms with Crippen LogP contribution in [-0.2, 0) is 0 Å². The van der Waals surface area contributed by atoms with Crippen molar-refractivity contribution in [2.75, 3.05) is 0 Å². The van der Waals surface area contributed by atoms with Crippen molar-refractivity contribution in [3.8, 4) is 0 Å². The molecule has 0 aliphatic rings. The van der Waals surface area contributed by atoms with Gasteiger partial charge in [0.25, 0.3) is 0 Å². The van der Waals surface area contributed by atoms with Gasteiger partial charge in [0.1, 0.15) is 0 Å². The molecule has 4 nitrogen and oxygen atoms in total. The standard InChI is InChI=1S/C10H20.C9H8O4/c1-3-5-7-9-10-8-6-4-2;1-5-2-3-6(8(10)11)4-7(5)9(12)13/h3H,1,4-10H2,2H3;2-4H,1H3,(H,10,11)(H,12,13). The molecule has 1 aromatic carbocycles. The average Bonchev–Trinajstić information content (AvgIpc) is 2.51. The molecule has 0 heterocycles. The highest BCUT2D eigenvalue weighted by Gasteiger charge is 2.10. The first kappa shape index (κ1) is 20.9. The van der Waals surface area contributed by atoms with Crippen LogP contribution in [-0.4, -0.2) is 22.2 Å². The van der Waals surface area contributed by atoms with Gasteiger partial charge in [-0.25, -0.2) is 9.59 Å². The van der Waals surface area contributed by atoms with Gasteiger partial charge in [0.2, 0.25) is 0 Å². The highest BCUT2D eigenvalue weighted by Crippen LogP contribution is 2.11. The first-order valence-electron chi connectivity index (χ1n) is 8.12. The van der Waals surface area contributed by atoms with Gasteiger partial charge in [-0.3, -0.25) is 0 Å². The number of aryl methyl sites for hydroxylation is 1. The highest BCUT2D eigenvalue weighted by molar-refractivity contribution is 5.94. The van der Waals surface area contributed by atoms with E-state index in [0.29, 0.717) is 5.56 Å². The summed E-state index contributed by atoms with van der Waals surface area (Å²) in [6.45, 7) is 7.57. The molecule has 0 amide bonds. The number of hydrogen-bond donors (Lipinski definition) is 2. The molecule has 0 saturated heterocycles. The predicted octanol–water partition coefficient (Wildman–Crippen LogP) is 5.31. The summed E-state index contributed by atoms with van der Waals surface area (Å²) in [6, 6.07) is 4.01. The molecule has 4 heteroatoms. The van der Waals surface area contributed by atoms with E-state index in [0.717, 1.165) is 6.07 Å². The van der Waals surface area contributed by atoms with E-state index >= 15 is 0 Å². The summed E-state index contributed by atoms with van der Waals surface area (Å²) in [5.41, 5.74) is 0.570. The van der Waals surface area contributed by atoms with Crippen LogP contribution < -0.4 is 0 Å². The Balaban J connectivity index is 0.000000438. The van der Waals surface area contributed by atoms with Crippen molar-refractivity contribution in [2.45, 2.75) is 58.8 Å². The highest BCUT2D eigenvalue weighted by atomic mass is 16.4. The van der Waals surface area contributed by atoms with E-state index in [2.05, 4.69) is 13.5 Å². The van der Waals surface area contributed by atoms with E-state index in [1.165, 1.54) is 57.1 Å². The smallest absolute Gasteiger partial charge is 0.335 e. The fourth-order valence-electron chi connectivity index (χ4n) is 2.05. The normalized spacial score (nSPS) is 9.65. The van der Waals surface area contributed by atoms with Crippen LogP contribution in [0.1, 0.15) is 78.1 Å². The van der Waals surface area contributed by atoms with Crippen LogP contribution in [0.15, 0.2) is 30.9 Å². The first-order valence-corrected chi connectivity index (χ1v) is 8.12. The summed E-state index contributed by atoms with van der Waals surface area (Å²) in [4.78, 5) is 21.1. The Kier molecular flexibility index (Phi) is 11.3. The Morgan fingerprint density at radius 3 is 2.17 bits per heavy atom. The van der Waals surface area contributed by atoms with E-state index in [1.54, 1.807) is 6.92 Å². The minimum absolute atomic E-state index is 0.0111. The average molecular weight is 320 g/mol. The van der Waals surface area contributed by atoms with Gasteiger partial charge in [0.15, 0.2) is 0 Å². The topological polar surface area (TPSA) is 74.6 Å². The molecular formula is C19H28O4. The molecule has 0 saturated carbocycles. The molecule has 0 atom stereocenters. The quantitative estimate of drug-likeness (QED) is 0.477. The monoisotopic (exact) mass is 320 g/mol. The molecule has 0 radical (unpaired) electrons. The Labute approximate surface area is 138 Å². The van der Waals surface area contributed by atoms with Gasteiger partial charge in [-0.1, -0.05) is 51.2 Å². The van der Waals surface area contributed by atoms with Gasteiger partial charge in [-0.15, -0.1) is 6.58 Å². The number of carboxylic acid groups (broad SMARTS) is 2. The Morgan fingerprint density at radius 2 is 1.65 bits per heavy atom. The molecule has 0 aliphatic heterocycles. The number of unbranched alkanes of at least 4 members (excludes halogenated alkanes) is 6. The number of rotatable bonds is 9. The molecule has 23 heavy (non-hydrogen) atoms. The summed E-state index contributed by atoms with van der Waals surface area (Å²) < 4.78 is 0. The van der Waals surface area contributed by atoms with Gasteiger partial charge in [-0.05, 0) is 37.5 Å². The van der Waals surface area contributed by atoms with Crippen molar-refractivity contribution in [1.29, 1.82) is 0 Å². The van der Waals surface area contributed by atoms with Crippen molar-refractivity contribution in [2.24, 2.45) is 0 Å². The lowest BCUT2D eigenvalue weighted by molar-refractivity contribution is 0.0695. The Bertz CT molecular complexity index is 506. The molecule has 128 valence electrons. The number of benzene rings is 1. The van der Waals surface area contributed by atoms with Crippen LogP contribution in [0.4, 0.5) is 0 Å². The summed E-state index contributed by atoms with van der Waals surface area (Å²) in [6.07, 6.45) is 11.6. The molecule has 0 aromatic heterocycles. The lowest BCUT2D eigenvalue weighted by Crippen LogP contribution is -2.03. The molecule has 0 fully saturated rings. The van der Waals surface area contributed by atoms with Crippen LogP contribution in [0.2, 0.25) is 0 Å². The molecule has 1 rings (SSSR count). The fraction of sp³-hybridized carbons (Fsp3) is 0.474. The van der Waals surface area contributed by atoms with Crippen molar-refractivity contribution in [1.82, 2.24) is 0 Å². The minimum atomic E-state index is -1.12. The largest absolute Gasteiger partial charge is 0.478 e. The van der Waals surface area contributed by atoms with Crippen LogP contribution >= 0.6 is 0 Å². The summed E-state index contributed by atoms with van der Waals surface area (Å²) in [7, 11) is 0. The summed E-state index contributed by atoms with van der Waals surface area (Å²) >= 11 is 0. The second-order valence-corrected chi connectivity index (χ2v) is 5.49. The SMILES string of the molecule is C=CCCCCCCCC.Cc1ccc(C(=O)O)cc1C(=O)O. The molecule has 0 spiro atoms. The number of carboxylic acids is 2. The number of carbonyl (C=O) groups is 2.